The fourth-order valence-electron chi connectivity index (χ4n) is 4.21. The number of hydrogen-bond donors (Lipinski definition) is 3. The number of pyridine rings is 1. The van der Waals surface area contributed by atoms with E-state index in [4.69, 9.17) is 22.7 Å². The summed E-state index contributed by atoms with van der Waals surface area (Å²) >= 11 is 7.06. The fraction of sp³-hybridized carbons (Fsp3) is 0.409. The van der Waals surface area contributed by atoms with Gasteiger partial charge in [-0.3, -0.25) is 20.0 Å². The highest BCUT2D eigenvalue weighted by molar-refractivity contribution is 7.17. The quantitative estimate of drug-likeness (QED) is 0.256. The Kier molecular flexibility index (Phi) is 7.03. The maximum Gasteiger partial charge on any atom is 0.280 e. The van der Waals surface area contributed by atoms with Crippen molar-refractivity contribution in [2.75, 3.05) is 0 Å². The Balaban J connectivity index is 1.70. The highest BCUT2D eigenvalue weighted by atomic mass is 35.5. The fourth-order valence-corrected chi connectivity index (χ4v) is 5.03. The highest BCUT2D eigenvalue weighted by Gasteiger charge is 2.31. The second kappa shape index (κ2) is 9.98. The molecule has 0 radical (unpaired) electrons. The van der Waals surface area contributed by atoms with Gasteiger partial charge in [-0.15, -0.1) is 0 Å². The molecule has 1 amide bonds. The number of imidazole rings is 1. The third kappa shape index (κ3) is 4.85. The molecule has 10 nitrogen and oxygen atoms in total. The first-order chi connectivity index (χ1) is 16.3. The lowest BCUT2D eigenvalue weighted by molar-refractivity contribution is 0.0900. The summed E-state index contributed by atoms with van der Waals surface area (Å²) in [7, 11) is 0. The van der Waals surface area contributed by atoms with E-state index in [1.165, 1.54) is 6.20 Å². The van der Waals surface area contributed by atoms with Gasteiger partial charge in [0, 0.05) is 18.0 Å². The molecule has 4 N–H and O–H groups in total. The van der Waals surface area contributed by atoms with Crippen LogP contribution in [0.4, 0.5) is 0 Å². The summed E-state index contributed by atoms with van der Waals surface area (Å²) in [5.74, 6) is -0.0742. The van der Waals surface area contributed by atoms with E-state index in [2.05, 4.69) is 25.3 Å². The highest BCUT2D eigenvalue weighted by Crippen LogP contribution is 2.34. The number of carbonyl (C=O) groups excluding carboxylic acids is 2. The minimum Gasteiger partial charge on any atom is -0.382 e. The maximum absolute atomic E-state index is 13.1. The minimum atomic E-state index is -0.251. The number of amides is 1. The van der Waals surface area contributed by atoms with Gasteiger partial charge in [-0.2, -0.15) is 0 Å². The number of amidine groups is 1. The molecule has 2 unspecified atom stereocenters. The molecule has 0 bridgehead atoms. The van der Waals surface area contributed by atoms with Crippen LogP contribution in [0.3, 0.4) is 0 Å². The van der Waals surface area contributed by atoms with Crippen molar-refractivity contribution in [3.8, 4) is 0 Å². The van der Waals surface area contributed by atoms with E-state index in [1.54, 1.807) is 12.3 Å². The normalized spacial score (nSPS) is 18.9. The van der Waals surface area contributed by atoms with Gasteiger partial charge >= 0.3 is 0 Å². The van der Waals surface area contributed by atoms with Crippen molar-refractivity contribution in [1.82, 2.24) is 24.8 Å². The minimum absolute atomic E-state index is 0.0576. The number of carbonyl (C=O) groups is 2. The average Bonchev–Trinajstić information content (AvgIpc) is 3.42. The molecule has 1 aliphatic carbocycles. The van der Waals surface area contributed by atoms with Crippen molar-refractivity contribution in [3.63, 3.8) is 0 Å². The van der Waals surface area contributed by atoms with E-state index < -0.39 is 0 Å². The summed E-state index contributed by atoms with van der Waals surface area (Å²) in [5, 5.41) is 10.6. The second-order valence-electron chi connectivity index (χ2n) is 8.49. The van der Waals surface area contributed by atoms with E-state index >= 15 is 0 Å². The van der Waals surface area contributed by atoms with Crippen molar-refractivity contribution in [1.29, 1.82) is 5.41 Å². The SMILES string of the molecule is CC(C)C(=O)c1nc2cnc(C(N)=NC=N)cc2n1C1CCCC(NC(=O)c2ncc(Cl)s2)C1. The zero-order valence-corrected chi connectivity index (χ0v) is 20.4. The molecule has 0 spiro atoms. The molecule has 3 heterocycles. The molecule has 1 saturated carbocycles. The number of Topliss-reactive ketones (excluding diaryl/α,β-unsaturated/α-hetero) is 1. The third-order valence-corrected chi connectivity index (χ3v) is 6.92. The van der Waals surface area contributed by atoms with Crippen molar-refractivity contribution >= 4 is 57.8 Å². The molecule has 0 aliphatic heterocycles. The molecular weight excluding hydrogens is 476 g/mol. The Bertz CT molecular complexity index is 1280. The van der Waals surface area contributed by atoms with E-state index in [-0.39, 0.29) is 35.5 Å². The first-order valence-electron chi connectivity index (χ1n) is 11.0. The molecule has 12 heteroatoms. The molecule has 0 saturated heterocycles. The predicted octanol–water partition coefficient (Wildman–Crippen LogP) is 3.61. The molecular formula is C22H25ClN8O2S. The van der Waals surface area contributed by atoms with Crippen molar-refractivity contribution in [3.05, 3.63) is 39.3 Å². The smallest absolute Gasteiger partial charge is 0.280 e. The molecule has 2 atom stereocenters. The summed E-state index contributed by atoms with van der Waals surface area (Å²) in [6.07, 6.45) is 7.06. The molecule has 1 fully saturated rings. The maximum atomic E-state index is 13.1. The summed E-state index contributed by atoms with van der Waals surface area (Å²) in [5.41, 5.74) is 7.66. The zero-order chi connectivity index (χ0) is 24.4. The number of ketones is 1. The number of rotatable bonds is 7. The van der Waals surface area contributed by atoms with Gasteiger partial charge in [0.2, 0.25) is 5.78 Å². The topological polar surface area (TPSA) is 152 Å². The summed E-state index contributed by atoms with van der Waals surface area (Å²) in [6, 6.07) is 1.61. The monoisotopic (exact) mass is 500 g/mol. The van der Waals surface area contributed by atoms with Gasteiger partial charge in [-0.05, 0) is 31.7 Å². The third-order valence-electron chi connectivity index (χ3n) is 5.81. The Morgan fingerprint density at radius 1 is 1.35 bits per heavy atom. The number of nitrogens with one attached hydrogen (secondary N) is 2. The first kappa shape index (κ1) is 24.0. The van der Waals surface area contributed by atoms with Gasteiger partial charge in [0.05, 0.1) is 17.9 Å². The van der Waals surface area contributed by atoms with Crippen LogP contribution in [0.2, 0.25) is 4.34 Å². The van der Waals surface area contributed by atoms with E-state index in [1.807, 2.05) is 18.4 Å². The largest absolute Gasteiger partial charge is 0.382 e. The first-order valence-corrected chi connectivity index (χ1v) is 12.1. The number of aromatic nitrogens is 4. The summed E-state index contributed by atoms with van der Waals surface area (Å²) in [4.78, 5) is 42.5. The van der Waals surface area contributed by atoms with E-state index in [9.17, 15) is 9.59 Å². The van der Waals surface area contributed by atoms with Crippen molar-refractivity contribution in [2.45, 2.75) is 51.6 Å². The van der Waals surface area contributed by atoms with Crippen LogP contribution in [-0.2, 0) is 0 Å². The van der Waals surface area contributed by atoms with Crippen LogP contribution in [0, 0.1) is 11.3 Å². The number of thiazole rings is 1. The average molecular weight is 501 g/mol. The lowest BCUT2D eigenvalue weighted by atomic mass is 9.90. The molecule has 178 valence electrons. The Hall–Kier alpha value is -3.18. The van der Waals surface area contributed by atoms with Crippen molar-refractivity contribution in [2.24, 2.45) is 16.6 Å². The molecule has 34 heavy (non-hydrogen) atoms. The Morgan fingerprint density at radius 2 is 2.15 bits per heavy atom. The molecule has 3 aromatic heterocycles. The number of aliphatic imine (C=N–C) groups is 1. The zero-order valence-electron chi connectivity index (χ0n) is 18.8. The van der Waals surface area contributed by atoms with Crippen LogP contribution in [-0.4, -0.2) is 49.4 Å². The van der Waals surface area contributed by atoms with Crippen LogP contribution in [0.25, 0.3) is 11.0 Å². The lowest BCUT2D eigenvalue weighted by Gasteiger charge is -2.31. The molecule has 1 aliphatic rings. The van der Waals surface area contributed by atoms with E-state index in [0.717, 1.165) is 42.5 Å². The Morgan fingerprint density at radius 3 is 2.82 bits per heavy atom. The van der Waals surface area contributed by atoms with Crippen molar-refractivity contribution < 1.29 is 9.59 Å². The van der Waals surface area contributed by atoms with Crippen LogP contribution < -0.4 is 11.1 Å². The van der Waals surface area contributed by atoms with Crippen LogP contribution in [0.5, 0.6) is 0 Å². The molecule has 0 aromatic carbocycles. The molecule has 4 rings (SSSR count). The van der Waals surface area contributed by atoms with Crippen LogP contribution in [0.1, 0.15) is 71.7 Å². The number of fused-ring (bicyclic) bond motifs is 1. The predicted molar refractivity (Wildman–Crippen MR) is 132 cm³/mol. The van der Waals surface area contributed by atoms with Crippen LogP contribution in [0.15, 0.2) is 23.5 Å². The van der Waals surface area contributed by atoms with Crippen LogP contribution >= 0.6 is 22.9 Å². The van der Waals surface area contributed by atoms with Gasteiger partial charge in [0.15, 0.2) is 16.7 Å². The summed E-state index contributed by atoms with van der Waals surface area (Å²) < 4.78 is 2.42. The van der Waals surface area contributed by atoms with E-state index in [0.29, 0.717) is 32.8 Å². The van der Waals surface area contributed by atoms with Gasteiger partial charge in [0.1, 0.15) is 21.9 Å². The summed E-state index contributed by atoms with van der Waals surface area (Å²) in [6.45, 7) is 3.68. The van der Waals surface area contributed by atoms with Gasteiger partial charge < -0.3 is 15.6 Å². The molecule has 3 aromatic rings. The number of hydrogen-bond acceptors (Lipinski definition) is 7. The number of nitrogens with zero attached hydrogens (tertiary/aromatic N) is 5. The number of nitrogens with two attached hydrogens (primary N) is 1. The number of halogens is 1. The Labute approximate surface area is 205 Å². The van der Waals surface area contributed by atoms with Gasteiger partial charge in [-0.1, -0.05) is 36.8 Å². The second-order valence-corrected chi connectivity index (χ2v) is 10.1. The lowest BCUT2D eigenvalue weighted by Crippen LogP contribution is -2.39. The standard InChI is InChI=1S/C22H25ClN8O2S/c1-11(2)18(32)20-30-15-8-26-14(19(25)28-10-24)7-16(15)31(20)13-5-3-4-12(6-13)29-21(33)22-27-9-17(23)34-22/h7-13H,3-6H2,1-2H3,(H,29,33)(H3,24,25,28). The van der Waals surface area contributed by atoms with Gasteiger partial charge in [0.25, 0.3) is 5.91 Å². The van der Waals surface area contributed by atoms with Gasteiger partial charge in [-0.25, -0.2) is 15.0 Å².